The molecule has 7 heteroatoms. The van der Waals surface area contributed by atoms with Crippen LogP contribution in [0.5, 0.6) is 0 Å². The van der Waals surface area contributed by atoms with Crippen LogP contribution in [0.4, 0.5) is 0 Å². The molecule has 0 fully saturated rings. The van der Waals surface area contributed by atoms with Crippen LogP contribution in [0.3, 0.4) is 0 Å². The van der Waals surface area contributed by atoms with E-state index < -0.39 is 0 Å². The zero-order valence-electron chi connectivity index (χ0n) is 15.2. The van der Waals surface area contributed by atoms with Crippen molar-refractivity contribution in [3.05, 3.63) is 51.6 Å². The third-order valence-electron chi connectivity index (χ3n) is 3.65. The lowest BCUT2D eigenvalue weighted by Gasteiger charge is -2.20. The van der Waals surface area contributed by atoms with Gasteiger partial charge < -0.3 is 5.32 Å². The molecule has 0 aliphatic rings. The van der Waals surface area contributed by atoms with Crippen LogP contribution in [0.2, 0.25) is 0 Å². The number of aryl methyl sites for hydroxylation is 1. The first kappa shape index (κ1) is 18.7. The summed E-state index contributed by atoms with van der Waals surface area (Å²) in [6.07, 6.45) is 0. The Morgan fingerprint density at radius 3 is 2.69 bits per heavy atom. The molecule has 0 unspecified atom stereocenters. The number of carbonyl (C=O) groups excluding carboxylic acids is 1. The first-order chi connectivity index (χ1) is 12.3. The Bertz CT molecular complexity index is 1020. The second kappa shape index (κ2) is 7.25. The van der Waals surface area contributed by atoms with Gasteiger partial charge in [-0.3, -0.25) is 14.2 Å². The Kier molecular flexibility index (Phi) is 5.20. The molecule has 3 aromatic rings. The summed E-state index contributed by atoms with van der Waals surface area (Å²) in [5, 5.41) is 5.32. The summed E-state index contributed by atoms with van der Waals surface area (Å²) in [7, 11) is 0. The summed E-state index contributed by atoms with van der Waals surface area (Å²) in [5.74, 6) is 0.115. The molecule has 1 amide bonds. The summed E-state index contributed by atoms with van der Waals surface area (Å²) in [5.41, 5.74) is 2.05. The van der Waals surface area contributed by atoms with Crippen LogP contribution in [0.1, 0.15) is 26.3 Å². The Hall–Kier alpha value is -2.12. The second-order valence-corrected chi connectivity index (χ2v) is 8.90. The molecule has 3 rings (SSSR count). The van der Waals surface area contributed by atoms with Crippen LogP contribution in [0, 0.1) is 6.92 Å². The lowest BCUT2D eigenvalue weighted by atomic mass is 10.1. The van der Waals surface area contributed by atoms with Crippen molar-refractivity contribution < 1.29 is 4.79 Å². The van der Waals surface area contributed by atoms with Crippen LogP contribution in [0.15, 0.2) is 45.7 Å². The first-order valence-electron chi connectivity index (χ1n) is 8.26. The van der Waals surface area contributed by atoms with Gasteiger partial charge in [0.1, 0.15) is 4.70 Å². The van der Waals surface area contributed by atoms with Crippen LogP contribution < -0.4 is 10.9 Å². The second-order valence-electron chi connectivity index (χ2n) is 7.04. The number of amides is 1. The summed E-state index contributed by atoms with van der Waals surface area (Å²) in [4.78, 5) is 29.9. The topological polar surface area (TPSA) is 64.0 Å². The molecule has 1 N–H and O–H groups in total. The summed E-state index contributed by atoms with van der Waals surface area (Å²) < 4.78 is 2.24. The summed E-state index contributed by atoms with van der Waals surface area (Å²) >= 11 is 2.66. The first-order valence-corrected chi connectivity index (χ1v) is 10.1. The molecule has 0 atom stereocenters. The largest absolute Gasteiger partial charge is 0.351 e. The number of aromatic nitrogens is 2. The van der Waals surface area contributed by atoms with E-state index in [-0.39, 0.29) is 22.8 Å². The number of hydrogen-bond donors (Lipinski definition) is 1. The lowest BCUT2D eigenvalue weighted by molar-refractivity contribution is -0.119. The van der Waals surface area contributed by atoms with Gasteiger partial charge in [-0.25, -0.2) is 4.98 Å². The molecule has 0 saturated heterocycles. The molecule has 0 aliphatic carbocycles. The summed E-state index contributed by atoms with van der Waals surface area (Å²) in [6, 6.07) is 9.53. The molecular weight excluding hydrogens is 366 g/mol. The van der Waals surface area contributed by atoms with E-state index in [1.54, 1.807) is 4.57 Å². The normalized spacial score (nSPS) is 11.7. The standard InChI is InChI=1S/C19H21N3O2S2/c1-12-7-5-6-8-14(12)22-17(24)16-13(9-10-25-16)20-18(22)26-11-15(23)21-19(2,3)4/h5-10H,11H2,1-4H3,(H,21,23). The van der Waals surface area contributed by atoms with Gasteiger partial charge >= 0.3 is 0 Å². The zero-order chi connectivity index (χ0) is 18.9. The fourth-order valence-corrected chi connectivity index (χ4v) is 4.17. The number of hydrogen-bond acceptors (Lipinski definition) is 5. The van der Waals surface area contributed by atoms with Crippen LogP contribution in [0.25, 0.3) is 15.9 Å². The van der Waals surface area contributed by atoms with E-state index in [1.807, 2.05) is 63.4 Å². The molecule has 136 valence electrons. The van der Waals surface area contributed by atoms with Gasteiger partial charge in [0, 0.05) is 5.54 Å². The Labute approximate surface area is 160 Å². The maximum absolute atomic E-state index is 13.1. The van der Waals surface area contributed by atoms with Gasteiger partial charge in [-0.1, -0.05) is 30.0 Å². The highest BCUT2D eigenvalue weighted by Gasteiger charge is 2.18. The third-order valence-corrected chi connectivity index (χ3v) is 5.48. The predicted octanol–water partition coefficient (Wildman–Crippen LogP) is 3.76. The van der Waals surface area contributed by atoms with E-state index in [1.165, 1.54) is 23.1 Å². The number of nitrogens with zero attached hydrogens (tertiary/aromatic N) is 2. The van der Waals surface area contributed by atoms with Gasteiger partial charge in [0.2, 0.25) is 5.91 Å². The number of carbonyl (C=O) groups is 1. The molecule has 5 nitrogen and oxygen atoms in total. The Balaban J connectivity index is 2.04. The smallest absolute Gasteiger partial charge is 0.276 e. The average Bonchev–Trinajstić information content (AvgIpc) is 3.01. The van der Waals surface area contributed by atoms with Crippen molar-refractivity contribution >= 4 is 39.2 Å². The van der Waals surface area contributed by atoms with Gasteiger partial charge in [0.05, 0.1) is 17.0 Å². The number of para-hydroxylation sites is 1. The van der Waals surface area contributed by atoms with E-state index in [9.17, 15) is 9.59 Å². The molecule has 0 saturated carbocycles. The number of thiophene rings is 1. The van der Waals surface area contributed by atoms with Crippen molar-refractivity contribution in [2.45, 2.75) is 38.4 Å². The van der Waals surface area contributed by atoms with Gasteiger partial charge in [-0.05, 0) is 50.8 Å². The monoisotopic (exact) mass is 387 g/mol. The van der Waals surface area contributed by atoms with Crippen molar-refractivity contribution in [2.24, 2.45) is 0 Å². The number of rotatable bonds is 4. The highest BCUT2D eigenvalue weighted by Crippen LogP contribution is 2.25. The number of nitrogens with one attached hydrogen (secondary N) is 1. The molecule has 0 radical (unpaired) electrons. The molecule has 0 bridgehead atoms. The molecule has 26 heavy (non-hydrogen) atoms. The van der Waals surface area contributed by atoms with Gasteiger partial charge in [0.15, 0.2) is 5.16 Å². The van der Waals surface area contributed by atoms with Crippen molar-refractivity contribution in [3.63, 3.8) is 0 Å². The Morgan fingerprint density at radius 2 is 2.00 bits per heavy atom. The molecule has 2 heterocycles. The highest BCUT2D eigenvalue weighted by molar-refractivity contribution is 7.99. The molecule has 0 aliphatic heterocycles. The van der Waals surface area contributed by atoms with E-state index in [0.29, 0.717) is 15.4 Å². The van der Waals surface area contributed by atoms with Gasteiger partial charge in [-0.15, -0.1) is 11.3 Å². The maximum Gasteiger partial charge on any atom is 0.276 e. The molecule has 0 spiro atoms. The molecule has 1 aromatic carbocycles. The number of thioether (sulfide) groups is 1. The zero-order valence-corrected chi connectivity index (χ0v) is 16.8. The van der Waals surface area contributed by atoms with Crippen LogP contribution in [-0.2, 0) is 4.79 Å². The Morgan fingerprint density at radius 1 is 1.27 bits per heavy atom. The molecule has 2 aromatic heterocycles. The van der Waals surface area contributed by atoms with Crippen molar-refractivity contribution in [1.82, 2.24) is 14.9 Å². The van der Waals surface area contributed by atoms with Gasteiger partial charge in [0.25, 0.3) is 5.56 Å². The van der Waals surface area contributed by atoms with Crippen molar-refractivity contribution in [1.29, 1.82) is 0 Å². The lowest BCUT2D eigenvalue weighted by Crippen LogP contribution is -2.41. The number of benzene rings is 1. The summed E-state index contributed by atoms with van der Waals surface area (Å²) in [6.45, 7) is 7.78. The van der Waals surface area contributed by atoms with E-state index in [2.05, 4.69) is 10.3 Å². The van der Waals surface area contributed by atoms with Gasteiger partial charge in [-0.2, -0.15) is 0 Å². The fourth-order valence-electron chi connectivity index (χ4n) is 2.60. The quantitative estimate of drug-likeness (QED) is 0.547. The fraction of sp³-hybridized carbons (Fsp3) is 0.316. The SMILES string of the molecule is Cc1ccccc1-n1c(SCC(=O)NC(C)(C)C)nc2ccsc2c1=O. The van der Waals surface area contributed by atoms with Crippen LogP contribution >= 0.6 is 23.1 Å². The van der Waals surface area contributed by atoms with E-state index >= 15 is 0 Å². The molecular formula is C19H21N3O2S2. The maximum atomic E-state index is 13.1. The van der Waals surface area contributed by atoms with E-state index in [4.69, 9.17) is 0 Å². The minimum Gasteiger partial charge on any atom is -0.351 e. The average molecular weight is 388 g/mol. The minimum absolute atomic E-state index is 0.0847. The van der Waals surface area contributed by atoms with Crippen LogP contribution in [-0.4, -0.2) is 26.8 Å². The minimum atomic E-state index is -0.294. The van der Waals surface area contributed by atoms with Crippen molar-refractivity contribution in [3.8, 4) is 5.69 Å². The highest BCUT2D eigenvalue weighted by atomic mass is 32.2. The number of fused-ring (bicyclic) bond motifs is 1. The van der Waals surface area contributed by atoms with E-state index in [0.717, 1.165) is 11.3 Å². The van der Waals surface area contributed by atoms with Crippen molar-refractivity contribution in [2.75, 3.05) is 5.75 Å². The third kappa shape index (κ3) is 3.99. The predicted molar refractivity (Wildman–Crippen MR) is 109 cm³/mol.